The maximum atomic E-state index is 13.5. The Bertz CT molecular complexity index is 1000. The summed E-state index contributed by atoms with van der Waals surface area (Å²) in [6.07, 6.45) is 0. The standard InChI is InChI=1S/C21H15F2NO4/c22-16-7-10-19(18(23)11-16)24-20(26)12-28-21(27)15-3-1-13(2-4-15)14-5-8-17(25)9-6-14/h1-11,25H,12H2,(H,24,26). The number of nitrogens with one attached hydrogen (secondary N) is 1. The number of ether oxygens (including phenoxy) is 1. The highest BCUT2D eigenvalue weighted by atomic mass is 19.1. The van der Waals surface area contributed by atoms with E-state index in [2.05, 4.69) is 5.32 Å². The fourth-order valence-electron chi connectivity index (χ4n) is 2.44. The Morgan fingerprint density at radius 1 is 0.893 bits per heavy atom. The van der Waals surface area contributed by atoms with Gasteiger partial charge in [-0.05, 0) is 47.5 Å². The van der Waals surface area contributed by atoms with Crippen molar-refractivity contribution in [2.45, 2.75) is 0 Å². The van der Waals surface area contributed by atoms with Crippen molar-refractivity contribution in [2.75, 3.05) is 11.9 Å². The molecule has 0 unspecified atom stereocenters. The lowest BCUT2D eigenvalue weighted by molar-refractivity contribution is -0.119. The molecule has 3 aromatic rings. The number of halogens is 2. The van der Waals surface area contributed by atoms with Crippen LogP contribution >= 0.6 is 0 Å². The molecule has 0 atom stereocenters. The predicted molar refractivity (Wildman–Crippen MR) is 98.8 cm³/mol. The lowest BCUT2D eigenvalue weighted by Crippen LogP contribution is -2.21. The fraction of sp³-hybridized carbons (Fsp3) is 0.0476. The molecule has 0 aliphatic carbocycles. The number of amides is 1. The molecule has 7 heteroatoms. The van der Waals surface area contributed by atoms with E-state index < -0.39 is 30.1 Å². The number of anilines is 1. The van der Waals surface area contributed by atoms with Crippen molar-refractivity contribution in [3.05, 3.63) is 83.9 Å². The van der Waals surface area contributed by atoms with Crippen LogP contribution < -0.4 is 5.32 Å². The lowest BCUT2D eigenvalue weighted by atomic mass is 10.0. The molecule has 3 aromatic carbocycles. The minimum Gasteiger partial charge on any atom is -0.508 e. The topological polar surface area (TPSA) is 75.6 Å². The first-order chi connectivity index (χ1) is 13.4. The summed E-state index contributed by atoms with van der Waals surface area (Å²) in [6.45, 7) is -0.616. The number of carbonyl (C=O) groups is 2. The van der Waals surface area contributed by atoms with Crippen molar-refractivity contribution >= 4 is 17.6 Å². The largest absolute Gasteiger partial charge is 0.508 e. The van der Waals surface area contributed by atoms with Gasteiger partial charge in [0.05, 0.1) is 11.3 Å². The molecule has 0 heterocycles. The molecule has 0 spiro atoms. The summed E-state index contributed by atoms with van der Waals surface area (Å²) >= 11 is 0. The van der Waals surface area contributed by atoms with Crippen molar-refractivity contribution in [1.82, 2.24) is 0 Å². The predicted octanol–water partition coefficient (Wildman–Crippen LogP) is 4.13. The summed E-state index contributed by atoms with van der Waals surface area (Å²) in [4.78, 5) is 23.8. The Labute approximate surface area is 159 Å². The molecule has 3 rings (SSSR count). The van der Waals surface area contributed by atoms with Crippen LogP contribution in [0.3, 0.4) is 0 Å². The maximum Gasteiger partial charge on any atom is 0.338 e. The summed E-state index contributed by atoms with van der Waals surface area (Å²) in [7, 11) is 0. The van der Waals surface area contributed by atoms with Crippen molar-refractivity contribution in [3.63, 3.8) is 0 Å². The Morgan fingerprint density at radius 2 is 1.50 bits per heavy atom. The van der Waals surface area contributed by atoms with Crippen LogP contribution in [0.5, 0.6) is 5.75 Å². The molecule has 5 nitrogen and oxygen atoms in total. The Kier molecular flexibility index (Phi) is 5.64. The zero-order valence-electron chi connectivity index (χ0n) is 14.5. The second-order valence-electron chi connectivity index (χ2n) is 5.87. The number of phenolic OH excluding ortho intramolecular Hbond substituents is 1. The monoisotopic (exact) mass is 383 g/mol. The van der Waals surface area contributed by atoms with Crippen LogP contribution in [0.4, 0.5) is 14.5 Å². The molecule has 0 fully saturated rings. The van der Waals surface area contributed by atoms with Crippen LogP contribution in [0.25, 0.3) is 11.1 Å². The highest BCUT2D eigenvalue weighted by Crippen LogP contribution is 2.22. The van der Waals surface area contributed by atoms with Gasteiger partial charge in [0.1, 0.15) is 17.4 Å². The van der Waals surface area contributed by atoms with E-state index >= 15 is 0 Å². The average Bonchev–Trinajstić information content (AvgIpc) is 2.69. The number of hydrogen-bond donors (Lipinski definition) is 2. The third kappa shape index (κ3) is 4.70. The lowest BCUT2D eigenvalue weighted by Gasteiger charge is -2.08. The van der Waals surface area contributed by atoms with Gasteiger partial charge in [0.2, 0.25) is 0 Å². The number of benzene rings is 3. The molecule has 28 heavy (non-hydrogen) atoms. The minimum absolute atomic E-state index is 0.155. The van der Waals surface area contributed by atoms with Crippen LogP contribution in [-0.2, 0) is 9.53 Å². The summed E-state index contributed by atoms with van der Waals surface area (Å²) < 4.78 is 31.3. The van der Waals surface area contributed by atoms with Crippen LogP contribution in [0, 0.1) is 11.6 Å². The first-order valence-electron chi connectivity index (χ1n) is 8.24. The van der Waals surface area contributed by atoms with Crippen molar-refractivity contribution < 1.29 is 28.2 Å². The van der Waals surface area contributed by atoms with E-state index in [4.69, 9.17) is 4.74 Å². The molecule has 2 N–H and O–H groups in total. The van der Waals surface area contributed by atoms with E-state index in [0.29, 0.717) is 6.07 Å². The van der Waals surface area contributed by atoms with Gasteiger partial charge in [-0.25, -0.2) is 13.6 Å². The van der Waals surface area contributed by atoms with Crippen molar-refractivity contribution in [3.8, 4) is 16.9 Å². The molecule has 0 aliphatic rings. The fourth-order valence-corrected chi connectivity index (χ4v) is 2.44. The number of carbonyl (C=O) groups excluding carboxylic acids is 2. The van der Waals surface area contributed by atoms with Crippen LogP contribution in [0.2, 0.25) is 0 Å². The smallest absolute Gasteiger partial charge is 0.338 e. The van der Waals surface area contributed by atoms with Crippen LogP contribution in [-0.4, -0.2) is 23.6 Å². The molecule has 142 valence electrons. The molecule has 0 saturated carbocycles. The van der Waals surface area contributed by atoms with E-state index in [-0.39, 0.29) is 17.0 Å². The summed E-state index contributed by atoms with van der Waals surface area (Å²) in [5.74, 6) is -3.00. The Balaban J connectivity index is 1.57. The van der Waals surface area contributed by atoms with Gasteiger partial charge in [0.15, 0.2) is 6.61 Å². The zero-order valence-corrected chi connectivity index (χ0v) is 14.5. The van der Waals surface area contributed by atoms with Gasteiger partial charge in [0, 0.05) is 6.07 Å². The number of esters is 1. The third-order valence-corrected chi connectivity index (χ3v) is 3.86. The molecule has 0 aliphatic heterocycles. The maximum absolute atomic E-state index is 13.5. The highest BCUT2D eigenvalue weighted by molar-refractivity contribution is 5.95. The summed E-state index contributed by atoms with van der Waals surface area (Å²) in [5.41, 5.74) is 1.73. The van der Waals surface area contributed by atoms with Crippen LogP contribution in [0.1, 0.15) is 10.4 Å². The molecular formula is C21H15F2NO4. The average molecular weight is 383 g/mol. The Hall–Kier alpha value is -3.74. The van der Waals surface area contributed by atoms with Gasteiger partial charge >= 0.3 is 5.97 Å². The molecule has 1 amide bonds. The van der Waals surface area contributed by atoms with E-state index in [1.807, 2.05) is 0 Å². The SMILES string of the molecule is O=C(COC(=O)c1ccc(-c2ccc(O)cc2)cc1)Nc1ccc(F)cc1F. The van der Waals surface area contributed by atoms with Gasteiger partial charge in [-0.15, -0.1) is 0 Å². The molecule has 0 aromatic heterocycles. The van der Waals surface area contributed by atoms with Gasteiger partial charge < -0.3 is 15.2 Å². The second kappa shape index (κ2) is 8.30. The zero-order chi connectivity index (χ0) is 20.1. The first kappa shape index (κ1) is 19.0. The minimum atomic E-state index is -0.926. The van der Waals surface area contributed by atoms with Crippen LogP contribution in [0.15, 0.2) is 66.7 Å². The summed E-state index contributed by atoms with van der Waals surface area (Å²) in [6, 6.07) is 15.8. The van der Waals surface area contributed by atoms with Gasteiger partial charge in [0.25, 0.3) is 5.91 Å². The second-order valence-corrected chi connectivity index (χ2v) is 5.87. The van der Waals surface area contributed by atoms with E-state index in [9.17, 15) is 23.5 Å². The molecule has 0 saturated heterocycles. The normalized spacial score (nSPS) is 10.4. The van der Waals surface area contributed by atoms with Crippen molar-refractivity contribution in [1.29, 1.82) is 0 Å². The highest BCUT2D eigenvalue weighted by Gasteiger charge is 2.12. The van der Waals surface area contributed by atoms with E-state index in [0.717, 1.165) is 23.3 Å². The van der Waals surface area contributed by atoms with Crippen molar-refractivity contribution in [2.24, 2.45) is 0 Å². The van der Waals surface area contributed by atoms with Gasteiger partial charge in [-0.3, -0.25) is 4.79 Å². The van der Waals surface area contributed by atoms with E-state index in [1.54, 1.807) is 48.5 Å². The molecule has 0 bridgehead atoms. The Morgan fingerprint density at radius 3 is 2.11 bits per heavy atom. The van der Waals surface area contributed by atoms with Gasteiger partial charge in [-0.2, -0.15) is 0 Å². The quantitative estimate of drug-likeness (QED) is 0.650. The number of phenols is 1. The number of aromatic hydroxyl groups is 1. The van der Waals surface area contributed by atoms with Gasteiger partial charge in [-0.1, -0.05) is 24.3 Å². The first-order valence-corrected chi connectivity index (χ1v) is 8.24. The number of rotatable bonds is 5. The molecular weight excluding hydrogens is 368 g/mol. The summed E-state index contributed by atoms with van der Waals surface area (Å²) in [5, 5.41) is 11.5. The molecule has 0 radical (unpaired) electrons. The third-order valence-electron chi connectivity index (χ3n) is 3.86. The van der Waals surface area contributed by atoms with E-state index in [1.165, 1.54) is 0 Å². The number of hydrogen-bond acceptors (Lipinski definition) is 4.